The molecular weight excluding hydrogens is 502 g/mol. The van der Waals surface area contributed by atoms with Crippen LogP contribution in [0.3, 0.4) is 0 Å². The van der Waals surface area contributed by atoms with E-state index in [4.69, 9.17) is 26.1 Å². The molecule has 1 saturated heterocycles. The van der Waals surface area contributed by atoms with Gasteiger partial charge in [-0.1, -0.05) is 23.7 Å². The average Bonchev–Trinajstić information content (AvgIpc) is 3.53. The van der Waals surface area contributed by atoms with Crippen LogP contribution >= 0.6 is 11.6 Å². The number of pyridine rings is 1. The van der Waals surface area contributed by atoms with Gasteiger partial charge in [-0.25, -0.2) is 15.0 Å². The summed E-state index contributed by atoms with van der Waals surface area (Å²) in [6.07, 6.45) is 5.40. The van der Waals surface area contributed by atoms with Gasteiger partial charge >= 0.3 is 0 Å². The number of aryl methyl sites for hydroxylation is 1. The largest absolute Gasteiger partial charge is 0.476 e. The summed E-state index contributed by atoms with van der Waals surface area (Å²) in [6, 6.07) is 9.81. The molecule has 1 aliphatic carbocycles. The number of hydrogen-bond donors (Lipinski definition) is 1. The number of benzene rings is 1. The quantitative estimate of drug-likeness (QED) is 0.344. The van der Waals surface area contributed by atoms with Gasteiger partial charge in [0.25, 0.3) is 0 Å². The van der Waals surface area contributed by atoms with Gasteiger partial charge in [0.15, 0.2) is 11.2 Å². The number of halogens is 1. The Kier molecular flexibility index (Phi) is 6.90. The van der Waals surface area contributed by atoms with Gasteiger partial charge < -0.3 is 19.4 Å². The summed E-state index contributed by atoms with van der Waals surface area (Å²) >= 11 is 6.30. The normalized spacial score (nSPS) is 17.0. The number of aromatic nitrogens is 5. The highest BCUT2D eigenvalue weighted by molar-refractivity contribution is 6.30. The number of ether oxygens (including phenoxy) is 2. The molecule has 1 N–H and O–H groups in total. The molecule has 2 aliphatic rings. The van der Waals surface area contributed by atoms with E-state index in [2.05, 4.69) is 43.6 Å². The molecule has 0 spiro atoms. The molecule has 4 aromatic rings. The van der Waals surface area contributed by atoms with Gasteiger partial charge in [0, 0.05) is 55.6 Å². The highest BCUT2D eigenvalue weighted by Gasteiger charge is 2.41. The first-order valence-electron chi connectivity index (χ1n) is 13.1. The topological polar surface area (TPSA) is 90.2 Å². The Labute approximate surface area is 227 Å². The fourth-order valence-corrected chi connectivity index (χ4v) is 4.95. The molecule has 6 rings (SSSR count). The molecule has 10 heteroatoms. The summed E-state index contributed by atoms with van der Waals surface area (Å²) in [5.74, 6) is 1.88. The third-order valence-electron chi connectivity index (χ3n) is 7.22. The first-order valence-corrected chi connectivity index (χ1v) is 13.5. The lowest BCUT2D eigenvalue weighted by atomic mass is 10.1. The third kappa shape index (κ3) is 5.45. The molecule has 0 amide bonds. The zero-order valence-electron chi connectivity index (χ0n) is 21.8. The minimum absolute atomic E-state index is 0.181. The molecule has 0 bridgehead atoms. The van der Waals surface area contributed by atoms with Gasteiger partial charge in [0.2, 0.25) is 11.8 Å². The highest BCUT2D eigenvalue weighted by atomic mass is 35.5. The lowest BCUT2D eigenvalue weighted by Crippen LogP contribution is -2.44. The number of piperazine rings is 1. The molecule has 2 fully saturated rings. The zero-order valence-corrected chi connectivity index (χ0v) is 22.5. The molecular formula is C28H32ClN7O2. The first kappa shape index (κ1) is 25.0. The predicted octanol–water partition coefficient (Wildman–Crippen LogP) is 4.11. The van der Waals surface area contributed by atoms with E-state index in [9.17, 15) is 0 Å². The van der Waals surface area contributed by atoms with E-state index in [1.165, 1.54) is 0 Å². The van der Waals surface area contributed by atoms with Crippen molar-refractivity contribution in [2.24, 2.45) is 0 Å². The second-order valence-corrected chi connectivity index (χ2v) is 10.8. The van der Waals surface area contributed by atoms with E-state index >= 15 is 0 Å². The minimum atomic E-state index is -0.181. The van der Waals surface area contributed by atoms with Crippen LogP contribution in [-0.4, -0.2) is 74.3 Å². The molecule has 0 unspecified atom stereocenters. The molecule has 3 aromatic heterocycles. The van der Waals surface area contributed by atoms with Crippen molar-refractivity contribution in [2.45, 2.75) is 38.8 Å². The summed E-state index contributed by atoms with van der Waals surface area (Å²) in [4.78, 5) is 21.1. The number of imidazole rings is 1. The van der Waals surface area contributed by atoms with Gasteiger partial charge in [-0.05, 0) is 49.9 Å². The van der Waals surface area contributed by atoms with Crippen LogP contribution in [-0.2, 0) is 6.54 Å². The van der Waals surface area contributed by atoms with Crippen LogP contribution in [0.15, 0.2) is 42.9 Å². The Morgan fingerprint density at radius 2 is 1.95 bits per heavy atom. The number of nitrogens with zero attached hydrogens (tertiary/aromatic N) is 6. The van der Waals surface area contributed by atoms with E-state index < -0.39 is 0 Å². The SMILES string of the molecule is Cc1cc(OCCN2CCNCC2)ncc1-c1nc2c(OC3(C)CC3)ncnc2n1Cc1cccc(Cl)c1. The molecule has 0 atom stereocenters. The Morgan fingerprint density at radius 3 is 2.71 bits per heavy atom. The van der Waals surface area contributed by atoms with Crippen LogP contribution in [0.2, 0.25) is 5.02 Å². The van der Waals surface area contributed by atoms with Gasteiger partial charge in [-0.2, -0.15) is 4.98 Å². The number of fused-ring (bicyclic) bond motifs is 1. The van der Waals surface area contributed by atoms with Gasteiger partial charge in [-0.3, -0.25) is 4.90 Å². The van der Waals surface area contributed by atoms with Crippen molar-refractivity contribution in [2.75, 3.05) is 39.3 Å². The van der Waals surface area contributed by atoms with Crippen LogP contribution in [0.25, 0.3) is 22.6 Å². The summed E-state index contributed by atoms with van der Waals surface area (Å²) in [5.41, 5.74) is 4.15. The third-order valence-corrected chi connectivity index (χ3v) is 7.45. The molecule has 38 heavy (non-hydrogen) atoms. The van der Waals surface area contributed by atoms with Crippen molar-refractivity contribution >= 4 is 22.8 Å². The van der Waals surface area contributed by atoms with Crippen LogP contribution in [0.5, 0.6) is 11.8 Å². The lowest BCUT2D eigenvalue weighted by Gasteiger charge is -2.26. The first-order chi connectivity index (χ1) is 18.5. The number of nitrogens with one attached hydrogen (secondary N) is 1. The molecule has 1 saturated carbocycles. The van der Waals surface area contributed by atoms with Gasteiger partial charge in [0.05, 0.1) is 6.54 Å². The number of hydrogen-bond acceptors (Lipinski definition) is 8. The van der Waals surface area contributed by atoms with E-state index in [0.29, 0.717) is 41.1 Å². The minimum Gasteiger partial charge on any atom is -0.476 e. The van der Waals surface area contributed by atoms with E-state index in [-0.39, 0.29) is 5.60 Å². The smallest absolute Gasteiger partial charge is 0.245 e. The fraction of sp³-hybridized carbons (Fsp3) is 0.429. The van der Waals surface area contributed by atoms with Crippen molar-refractivity contribution in [3.05, 3.63) is 59.0 Å². The van der Waals surface area contributed by atoms with Crippen LogP contribution in [0.4, 0.5) is 0 Å². The van der Waals surface area contributed by atoms with Crippen molar-refractivity contribution in [1.82, 2.24) is 34.7 Å². The van der Waals surface area contributed by atoms with Crippen molar-refractivity contribution < 1.29 is 9.47 Å². The highest BCUT2D eigenvalue weighted by Crippen LogP contribution is 2.41. The Balaban J connectivity index is 1.32. The second kappa shape index (κ2) is 10.5. The van der Waals surface area contributed by atoms with Crippen molar-refractivity contribution in [3.63, 3.8) is 0 Å². The maximum Gasteiger partial charge on any atom is 0.245 e. The molecule has 4 heterocycles. The zero-order chi connectivity index (χ0) is 26.1. The van der Waals surface area contributed by atoms with Crippen molar-refractivity contribution in [3.8, 4) is 23.1 Å². The van der Waals surface area contributed by atoms with E-state index in [0.717, 1.165) is 68.1 Å². The summed E-state index contributed by atoms with van der Waals surface area (Å²) < 4.78 is 14.3. The van der Waals surface area contributed by atoms with Crippen LogP contribution < -0.4 is 14.8 Å². The van der Waals surface area contributed by atoms with Crippen molar-refractivity contribution in [1.29, 1.82) is 0 Å². The second-order valence-electron chi connectivity index (χ2n) is 10.3. The summed E-state index contributed by atoms with van der Waals surface area (Å²) in [6.45, 7) is 10.3. The maximum atomic E-state index is 6.30. The Bertz CT molecular complexity index is 1450. The monoisotopic (exact) mass is 533 g/mol. The predicted molar refractivity (Wildman–Crippen MR) is 147 cm³/mol. The maximum absolute atomic E-state index is 6.30. The number of rotatable bonds is 9. The Hall–Kier alpha value is -3.27. The average molecular weight is 534 g/mol. The molecule has 0 radical (unpaired) electrons. The standard InChI is InChI=1S/C28H32ClN7O2/c1-19-14-23(37-13-12-35-10-8-30-9-11-35)31-16-22(19)25-34-24-26(32-18-33-27(24)38-28(2)6-7-28)36(25)17-20-4-3-5-21(29)15-20/h3-5,14-16,18,30H,6-13,17H2,1-2H3. The molecule has 1 aliphatic heterocycles. The van der Waals surface area contributed by atoms with Crippen LogP contribution in [0, 0.1) is 6.92 Å². The Morgan fingerprint density at radius 1 is 1.11 bits per heavy atom. The van der Waals surface area contributed by atoms with Crippen LogP contribution in [0.1, 0.15) is 30.9 Å². The van der Waals surface area contributed by atoms with E-state index in [1.807, 2.05) is 36.5 Å². The molecule has 1 aromatic carbocycles. The molecule has 9 nitrogen and oxygen atoms in total. The fourth-order valence-electron chi connectivity index (χ4n) is 4.73. The van der Waals surface area contributed by atoms with Gasteiger partial charge in [-0.15, -0.1) is 0 Å². The summed E-state index contributed by atoms with van der Waals surface area (Å²) in [5, 5.41) is 4.06. The van der Waals surface area contributed by atoms with Gasteiger partial charge in [0.1, 0.15) is 24.4 Å². The molecule has 198 valence electrons. The summed E-state index contributed by atoms with van der Waals surface area (Å²) in [7, 11) is 0. The van der Waals surface area contributed by atoms with E-state index in [1.54, 1.807) is 6.33 Å². The lowest BCUT2D eigenvalue weighted by molar-refractivity contribution is 0.188.